The van der Waals surface area contributed by atoms with Crippen LogP contribution in [0, 0.1) is 0 Å². The van der Waals surface area contributed by atoms with Crippen molar-refractivity contribution in [2.75, 3.05) is 18.2 Å². The van der Waals surface area contributed by atoms with Crippen molar-refractivity contribution in [1.29, 1.82) is 0 Å². The Morgan fingerprint density at radius 2 is 2.03 bits per heavy atom. The molecule has 0 aliphatic rings. The number of anilines is 1. The summed E-state index contributed by atoms with van der Waals surface area (Å²) in [5, 5.41) is 16.0. The molecule has 172 valence electrons. The zero-order valence-electron chi connectivity index (χ0n) is 18.9. The largest absolute Gasteiger partial charge is 0.497 e. The molecule has 10 heteroatoms. The number of hydrogen-bond acceptors (Lipinski definition) is 8. The summed E-state index contributed by atoms with van der Waals surface area (Å²) in [7, 11) is 1.62. The average Bonchev–Trinajstić information content (AvgIpc) is 3.54. The number of benzene rings is 1. The van der Waals surface area contributed by atoms with Gasteiger partial charge in [0.25, 0.3) is 0 Å². The van der Waals surface area contributed by atoms with Crippen molar-refractivity contribution in [3.8, 4) is 17.1 Å². The van der Waals surface area contributed by atoms with Gasteiger partial charge >= 0.3 is 0 Å². The van der Waals surface area contributed by atoms with Gasteiger partial charge < -0.3 is 13.7 Å². The van der Waals surface area contributed by atoms with Crippen molar-refractivity contribution in [3.63, 3.8) is 0 Å². The van der Waals surface area contributed by atoms with E-state index in [1.807, 2.05) is 61.7 Å². The fourth-order valence-electron chi connectivity index (χ4n) is 3.06. The van der Waals surface area contributed by atoms with Gasteiger partial charge in [-0.1, -0.05) is 49.8 Å². The molecular formula is C23H25N5O4S. The van der Waals surface area contributed by atoms with Gasteiger partial charge in [-0.3, -0.25) is 14.7 Å². The van der Waals surface area contributed by atoms with E-state index in [-0.39, 0.29) is 17.1 Å². The van der Waals surface area contributed by atoms with Gasteiger partial charge in [-0.2, -0.15) is 0 Å². The number of hydrogen-bond donors (Lipinski definition) is 1. The van der Waals surface area contributed by atoms with Gasteiger partial charge in [0.15, 0.2) is 11.0 Å². The molecule has 33 heavy (non-hydrogen) atoms. The highest BCUT2D eigenvalue weighted by Gasteiger charge is 2.21. The fourth-order valence-corrected chi connectivity index (χ4v) is 3.80. The molecule has 1 amide bonds. The molecule has 0 fully saturated rings. The van der Waals surface area contributed by atoms with E-state index in [1.165, 1.54) is 11.8 Å². The molecule has 0 bridgehead atoms. The van der Waals surface area contributed by atoms with Crippen LogP contribution < -0.4 is 10.1 Å². The number of nitrogens with zero attached hydrogens (tertiary/aromatic N) is 4. The molecule has 9 nitrogen and oxygen atoms in total. The Bertz CT molecular complexity index is 1220. The minimum atomic E-state index is -0.230. The summed E-state index contributed by atoms with van der Waals surface area (Å²) in [6, 6.07) is 13.0. The maximum absolute atomic E-state index is 12.5. The van der Waals surface area contributed by atoms with Gasteiger partial charge in [0.05, 0.1) is 31.4 Å². The summed E-state index contributed by atoms with van der Waals surface area (Å²) in [5.41, 5.74) is 1.45. The predicted molar refractivity (Wildman–Crippen MR) is 124 cm³/mol. The molecular weight excluding hydrogens is 442 g/mol. The van der Waals surface area contributed by atoms with E-state index in [2.05, 4.69) is 20.7 Å². The zero-order valence-corrected chi connectivity index (χ0v) is 19.7. The SMILES string of the molecule is COc1cccc(-c2nnc(SCC(=O)Nc3cc(C(C)(C)C)no3)n2Cc2ccco2)c1. The van der Waals surface area contributed by atoms with Crippen LogP contribution >= 0.6 is 11.8 Å². The number of methoxy groups -OCH3 is 1. The number of aromatic nitrogens is 4. The lowest BCUT2D eigenvalue weighted by Gasteiger charge is -2.12. The zero-order chi connectivity index (χ0) is 23.4. The molecule has 0 aliphatic carbocycles. The summed E-state index contributed by atoms with van der Waals surface area (Å²) < 4.78 is 18.0. The van der Waals surface area contributed by atoms with Crippen molar-refractivity contribution in [2.45, 2.75) is 37.9 Å². The van der Waals surface area contributed by atoms with Crippen LogP contribution in [0.5, 0.6) is 5.75 Å². The molecule has 4 rings (SSSR count). The predicted octanol–water partition coefficient (Wildman–Crippen LogP) is 4.61. The highest BCUT2D eigenvalue weighted by Crippen LogP contribution is 2.28. The van der Waals surface area contributed by atoms with Crippen LogP contribution in [0.1, 0.15) is 32.2 Å². The van der Waals surface area contributed by atoms with Crippen LogP contribution in [0.3, 0.4) is 0 Å². The minimum Gasteiger partial charge on any atom is -0.497 e. The Morgan fingerprint density at radius 1 is 1.18 bits per heavy atom. The molecule has 4 aromatic rings. The lowest BCUT2D eigenvalue weighted by Crippen LogP contribution is -2.15. The number of ether oxygens (including phenoxy) is 1. The van der Waals surface area contributed by atoms with E-state index in [4.69, 9.17) is 13.7 Å². The lowest BCUT2D eigenvalue weighted by atomic mass is 9.92. The third-order valence-electron chi connectivity index (χ3n) is 4.81. The third kappa shape index (κ3) is 5.46. The smallest absolute Gasteiger partial charge is 0.237 e. The molecule has 1 N–H and O–H groups in total. The number of carbonyl (C=O) groups excluding carboxylic acids is 1. The molecule has 0 radical (unpaired) electrons. The topological polar surface area (TPSA) is 108 Å². The van der Waals surface area contributed by atoms with Gasteiger partial charge in [-0.15, -0.1) is 10.2 Å². The Kier molecular flexibility index (Phi) is 6.55. The van der Waals surface area contributed by atoms with Crippen molar-refractivity contribution < 1.29 is 18.5 Å². The summed E-state index contributed by atoms with van der Waals surface area (Å²) in [6.07, 6.45) is 1.62. The fraction of sp³-hybridized carbons (Fsp3) is 0.304. The van der Waals surface area contributed by atoms with Crippen molar-refractivity contribution in [2.24, 2.45) is 0 Å². The maximum Gasteiger partial charge on any atom is 0.237 e. The van der Waals surface area contributed by atoms with E-state index >= 15 is 0 Å². The molecule has 0 saturated heterocycles. The van der Waals surface area contributed by atoms with E-state index in [1.54, 1.807) is 19.4 Å². The molecule has 3 aromatic heterocycles. The molecule has 1 aromatic carbocycles. The van der Waals surface area contributed by atoms with Crippen LogP contribution in [-0.4, -0.2) is 38.7 Å². The van der Waals surface area contributed by atoms with E-state index < -0.39 is 0 Å². The Balaban J connectivity index is 1.51. The number of carbonyl (C=O) groups is 1. The standard InChI is InChI=1S/C23H25N5O4S/c1-23(2,3)18-12-20(32-27-18)24-19(29)14-33-22-26-25-21(15-7-5-8-16(11-15)30-4)28(22)13-17-9-6-10-31-17/h5-12H,13-14H2,1-4H3,(H,24,29). The van der Waals surface area contributed by atoms with Crippen LogP contribution in [0.15, 0.2) is 62.8 Å². The number of rotatable bonds is 8. The molecule has 0 atom stereocenters. The lowest BCUT2D eigenvalue weighted by molar-refractivity contribution is -0.113. The van der Waals surface area contributed by atoms with E-state index in [0.717, 1.165) is 22.8 Å². The minimum absolute atomic E-state index is 0.125. The van der Waals surface area contributed by atoms with Crippen LogP contribution in [0.2, 0.25) is 0 Å². The molecule has 3 heterocycles. The number of furan rings is 1. The van der Waals surface area contributed by atoms with E-state index in [0.29, 0.717) is 23.4 Å². The van der Waals surface area contributed by atoms with Crippen LogP contribution in [-0.2, 0) is 16.8 Å². The normalized spacial score (nSPS) is 11.5. The van der Waals surface area contributed by atoms with Gasteiger partial charge in [0, 0.05) is 17.0 Å². The quantitative estimate of drug-likeness (QED) is 0.374. The first kappa shape index (κ1) is 22.7. The molecule has 0 unspecified atom stereocenters. The molecule has 0 spiro atoms. The van der Waals surface area contributed by atoms with Crippen molar-refractivity contribution in [3.05, 3.63) is 60.2 Å². The van der Waals surface area contributed by atoms with Crippen LogP contribution in [0.4, 0.5) is 5.88 Å². The highest BCUT2D eigenvalue weighted by atomic mass is 32.2. The Labute approximate surface area is 195 Å². The Hall–Kier alpha value is -3.53. The molecule has 0 saturated carbocycles. The summed E-state index contributed by atoms with van der Waals surface area (Å²) >= 11 is 1.28. The summed E-state index contributed by atoms with van der Waals surface area (Å²) in [5.74, 6) is 2.34. The first-order chi connectivity index (χ1) is 15.8. The van der Waals surface area contributed by atoms with Crippen LogP contribution in [0.25, 0.3) is 11.4 Å². The second kappa shape index (κ2) is 9.53. The van der Waals surface area contributed by atoms with Gasteiger partial charge in [0.1, 0.15) is 11.5 Å². The van der Waals surface area contributed by atoms with E-state index in [9.17, 15) is 4.79 Å². The number of thioether (sulfide) groups is 1. The Morgan fingerprint density at radius 3 is 2.73 bits per heavy atom. The van der Waals surface area contributed by atoms with Crippen molar-refractivity contribution in [1.82, 2.24) is 19.9 Å². The molecule has 0 aliphatic heterocycles. The average molecular weight is 468 g/mol. The number of nitrogens with one attached hydrogen (secondary N) is 1. The van der Waals surface area contributed by atoms with Gasteiger partial charge in [0.2, 0.25) is 11.8 Å². The summed E-state index contributed by atoms with van der Waals surface area (Å²) in [4.78, 5) is 12.5. The second-order valence-electron chi connectivity index (χ2n) is 8.37. The monoisotopic (exact) mass is 467 g/mol. The summed E-state index contributed by atoms with van der Waals surface area (Å²) in [6.45, 7) is 6.50. The first-order valence-corrected chi connectivity index (χ1v) is 11.3. The maximum atomic E-state index is 12.5. The van der Waals surface area contributed by atoms with Gasteiger partial charge in [-0.05, 0) is 24.3 Å². The van der Waals surface area contributed by atoms with Gasteiger partial charge in [-0.25, -0.2) is 0 Å². The second-order valence-corrected chi connectivity index (χ2v) is 9.31. The first-order valence-electron chi connectivity index (χ1n) is 10.3. The third-order valence-corrected chi connectivity index (χ3v) is 5.78. The number of amides is 1. The van der Waals surface area contributed by atoms with Crippen molar-refractivity contribution >= 4 is 23.6 Å². The highest BCUT2D eigenvalue weighted by molar-refractivity contribution is 7.99.